The SMILES string of the molecule is Cc1ccc(OCC2(C)CN(C(=O)Cn3cc(NC(=O)C4CCCO4)cn3)C2)nc1. The van der Waals surface area contributed by atoms with Crippen molar-refractivity contribution in [1.29, 1.82) is 0 Å². The Morgan fingerprint density at radius 1 is 1.33 bits per heavy atom. The van der Waals surface area contributed by atoms with Crippen molar-refractivity contribution in [1.82, 2.24) is 19.7 Å². The Morgan fingerprint density at radius 3 is 2.87 bits per heavy atom. The van der Waals surface area contributed by atoms with Crippen LogP contribution in [0.5, 0.6) is 5.88 Å². The molecule has 2 aliphatic heterocycles. The fraction of sp³-hybridized carbons (Fsp3) is 0.524. The molecule has 0 saturated carbocycles. The van der Waals surface area contributed by atoms with Crippen LogP contribution in [-0.4, -0.2) is 63.9 Å². The zero-order chi connectivity index (χ0) is 21.1. The van der Waals surface area contributed by atoms with Crippen molar-refractivity contribution < 1.29 is 19.1 Å². The van der Waals surface area contributed by atoms with Crippen LogP contribution >= 0.6 is 0 Å². The lowest BCUT2D eigenvalue weighted by molar-refractivity contribution is -0.145. The molecular formula is C21H27N5O4. The van der Waals surface area contributed by atoms with E-state index in [0.717, 1.165) is 18.4 Å². The van der Waals surface area contributed by atoms with Crippen LogP contribution in [-0.2, 0) is 20.9 Å². The average Bonchev–Trinajstić information content (AvgIpc) is 3.37. The molecule has 1 atom stereocenters. The van der Waals surface area contributed by atoms with E-state index in [2.05, 4.69) is 22.3 Å². The number of carbonyl (C=O) groups excluding carboxylic acids is 2. The van der Waals surface area contributed by atoms with Crippen molar-refractivity contribution in [3.05, 3.63) is 36.3 Å². The quantitative estimate of drug-likeness (QED) is 0.741. The predicted molar refractivity (Wildman–Crippen MR) is 109 cm³/mol. The molecule has 9 nitrogen and oxygen atoms in total. The Kier molecular flexibility index (Phi) is 5.72. The monoisotopic (exact) mass is 413 g/mol. The molecule has 1 unspecified atom stereocenters. The van der Waals surface area contributed by atoms with Gasteiger partial charge in [-0.15, -0.1) is 0 Å². The first-order valence-corrected chi connectivity index (χ1v) is 10.2. The van der Waals surface area contributed by atoms with E-state index in [4.69, 9.17) is 9.47 Å². The van der Waals surface area contributed by atoms with E-state index in [1.807, 2.05) is 19.1 Å². The Balaban J connectivity index is 1.22. The van der Waals surface area contributed by atoms with Gasteiger partial charge in [-0.05, 0) is 25.3 Å². The second-order valence-corrected chi connectivity index (χ2v) is 8.44. The molecule has 4 rings (SSSR count). The van der Waals surface area contributed by atoms with Crippen LogP contribution in [0.25, 0.3) is 0 Å². The van der Waals surface area contributed by atoms with E-state index in [-0.39, 0.29) is 23.8 Å². The molecule has 1 N–H and O–H groups in total. The van der Waals surface area contributed by atoms with E-state index < -0.39 is 6.10 Å². The lowest BCUT2D eigenvalue weighted by Gasteiger charge is -2.47. The van der Waals surface area contributed by atoms with E-state index >= 15 is 0 Å². The number of anilines is 1. The van der Waals surface area contributed by atoms with Crippen molar-refractivity contribution in [2.45, 2.75) is 39.3 Å². The van der Waals surface area contributed by atoms with Gasteiger partial charge in [0.05, 0.1) is 18.5 Å². The zero-order valence-corrected chi connectivity index (χ0v) is 17.3. The van der Waals surface area contributed by atoms with Gasteiger partial charge in [0.1, 0.15) is 12.6 Å². The molecule has 160 valence electrons. The second kappa shape index (κ2) is 8.43. The van der Waals surface area contributed by atoms with E-state index in [1.54, 1.807) is 23.5 Å². The van der Waals surface area contributed by atoms with Gasteiger partial charge in [-0.1, -0.05) is 13.0 Å². The number of nitrogens with zero attached hydrogens (tertiary/aromatic N) is 4. The van der Waals surface area contributed by atoms with Gasteiger partial charge in [0.25, 0.3) is 5.91 Å². The smallest absolute Gasteiger partial charge is 0.253 e. The van der Waals surface area contributed by atoms with Crippen LogP contribution in [0.3, 0.4) is 0 Å². The molecule has 0 bridgehead atoms. The number of aromatic nitrogens is 3. The number of nitrogens with one attached hydrogen (secondary N) is 1. The van der Waals surface area contributed by atoms with Gasteiger partial charge in [0.2, 0.25) is 11.8 Å². The maximum atomic E-state index is 12.5. The Morgan fingerprint density at radius 2 is 2.17 bits per heavy atom. The number of likely N-dealkylation sites (tertiary alicyclic amines) is 1. The summed E-state index contributed by atoms with van der Waals surface area (Å²) in [5, 5.41) is 6.97. The summed E-state index contributed by atoms with van der Waals surface area (Å²) in [6.45, 7) is 6.59. The number of aryl methyl sites for hydroxylation is 1. The van der Waals surface area contributed by atoms with Gasteiger partial charge in [0.15, 0.2) is 0 Å². The molecule has 2 aromatic heterocycles. The molecule has 30 heavy (non-hydrogen) atoms. The highest BCUT2D eigenvalue weighted by Crippen LogP contribution is 2.30. The predicted octanol–water partition coefficient (Wildman–Crippen LogP) is 1.63. The fourth-order valence-corrected chi connectivity index (χ4v) is 3.69. The van der Waals surface area contributed by atoms with Crippen molar-refractivity contribution in [3.63, 3.8) is 0 Å². The number of hydrogen-bond donors (Lipinski definition) is 1. The summed E-state index contributed by atoms with van der Waals surface area (Å²) in [5.74, 6) is 0.418. The van der Waals surface area contributed by atoms with Crippen LogP contribution in [0, 0.1) is 12.3 Å². The third-order valence-electron chi connectivity index (χ3n) is 5.37. The molecule has 2 amide bonds. The summed E-state index contributed by atoms with van der Waals surface area (Å²) in [6.07, 6.45) is 6.21. The van der Waals surface area contributed by atoms with Crippen LogP contribution in [0.1, 0.15) is 25.3 Å². The van der Waals surface area contributed by atoms with Crippen LogP contribution in [0.15, 0.2) is 30.7 Å². The molecule has 0 radical (unpaired) electrons. The molecule has 0 spiro atoms. The minimum absolute atomic E-state index is 0.0129. The number of hydrogen-bond acceptors (Lipinski definition) is 6. The number of ether oxygens (including phenoxy) is 2. The zero-order valence-electron chi connectivity index (χ0n) is 17.3. The van der Waals surface area contributed by atoms with E-state index in [1.165, 1.54) is 4.68 Å². The number of pyridine rings is 1. The van der Waals surface area contributed by atoms with Crippen molar-refractivity contribution in [2.24, 2.45) is 5.41 Å². The summed E-state index contributed by atoms with van der Waals surface area (Å²) >= 11 is 0. The standard InChI is InChI=1S/C21H27N5O4/c1-15-5-6-18(22-8-15)30-14-21(2)12-25(13-21)19(27)11-26-10-16(9-23-26)24-20(28)17-4-3-7-29-17/h5-6,8-10,17H,3-4,7,11-14H2,1-2H3,(H,24,28). The minimum atomic E-state index is -0.397. The van der Waals surface area contributed by atoms with E-state index in [0.29, 0.717) is 37.9 Å². The minimum Gasteiger partial charge on any atom is -0.477 e. The maximum absolute atomic E-state index is 12.5. The van der Waals surface area contributed by atoms with Gasteiger partial charge in [0, 0.05) is 43.6 Å². The molecule has 0 aromatic carbocycles. The lowest BCUT2D eigenvalue weighted by atomic mass is 9.83. The van der Waals surface area contributed by atoms with Gasteiger partial charge in [-0.3, -0.25) is 14.3 Å². The second-order valence-electron chi connectivity index (χ2n) is 8.44. The third-order valence-corrected chi connectivity index (χ3v) is 5.37. The number of rotatable bonds is 7. The first-order chi connectivity index (χ1) is 14.4. The number of amides is 2. The molecule has 4 heterocycles. The molecule has 2 aromatic rings. The number of carbonyl (C=O) groups is 2. The highest BCUT2D eigenvalue weighted by Gasteiger charge is 2.42. The maximum Gasteiger partial charge on any atom is 0.253 e. The molecule has 2 saturated heterocycles. The normalized spacial score (nSPS) is 19.9. The van der Waals surface area contributed by atoms with Crippen LogP contribution in [0.4, 0.5) is 5.69 Å². The van der Waals surface area contributed by atoms with Crippen molar-refractivity contribution in [2.75, 3.05) is 31.6 Å². The molecular weight excluding hydrogens is 386 g/mol. The van der Waals surface area contributed by atoms with Gasteiger partial charge >= 0.3 is 0 Å². The summed E-state index contributed by atoms with van der Waals surface area (Å²) < 4.78 is 12.7. The Labute approximate surface area is 175 Å². The van der Waals surface area contributed by atoms with Gasteiger partial charge in [-0.2, -0.15) is 5.10 Å². The molecule has 9 heteroatoms. The van der Waals surface area contributed by atoms with Gasteiger partial charge in [-0.25, -0.2) is 4.98 Å². The summed E-state index contributed by atoms with van der Waals surface area (Å²) in [6, 6.07) is 3.82. The summed E-state index contributed by atoms with van der Waals surface area (Å²) in [4.78, 5) is 30.7. The first-order valence-electron chi connectivity index (χ1n) is 10.2. The Hall–Kier alpha value is -2.94. The van der Waals surface area contributed by atoms with Crippen molar-refractivity contribution in [3.8, 4) is 5.88 Å². The molecule has 2 fully saturated rings. The fourth-order valence-electron chi connectivity index (χ4n) is 3.69. The largest absolute Gasteiger partial charge is 0.477 e. The van der Waals surface area contributed by atoms with Gasteiger partial charge < -0.3 is 19.7 Å². The van der Waals surface area contributed by atoms with Crippen LogP contribution < -0.4 is 10.1 Å². The summed E-state index contributed by atoms with van der Waals surface area (Å²) in [5.41, 5.74) is 1.56. The molecule has 0 aliphatic carbocycles. The Bertz CT molecular complexity index is 898. The third kappa shape index (κ3) is 4.79. The average molecular weight is 413 g/mol. The topological polar surface area (TPSA) is 98.6 Å². The highest BCUT2D eigenvalue weighted by atomic mass is 16.5. The first kappa shape index (κ1) is 20.3. The van der Waals surface area contributed by atoms with Crippen molar-refractivity contribution >= 4 is 17.5 Å². The lowest BCUT2D eigenvalue weighted by Crippen LogP contribution is -2.60. The summed E-state index contributed by atoms with van der Waals surface area (Å²) in [7, 11) is 0. The highest BCUT2D eigenvalue weighted by molar-refractivity contribution is 5.94. The molecule has 2 aliphatic rings. The van der Waals surface area contributed by atoms with Crippen LogP contribution in [0.2, 0.25) is 0 Å². The van der Waals surface area contributed by atoms with E-state index in [9.17, 15) is 9.59 Å².